The second kappa shape index (κ2) is 6.40. The lowest BCUT2D eigenvalue weighted by Crippen LogP contribution is -2.13. The Hall–Kier alpha value is -3.39. The van der Waals surface area contributed by atoms with E-state index >= 15 is 0 Å². The average molecular weight is 381 g/mol. The Bertz CT molecular complexity index is 1290. The van der Waals surface area contributed by atoms with Crippen LogP contribution in [0.3, 0.4) is 0 Å². The topological polar surface area (TPSA) is 94.2 Å². The molecular weight excluding hydrogens is 366 g/mol. The molecule has 0 amide bonds. The predicted molar refractivity (Wildman–Crippen MR) is 102 cm³/mol. The molecule has 1 N–H and O–H groups in total. The van der Waals surface area contributed by atoms with Crippen LogP contribution in [0.25, 0.3) is 22.2 Å². The monoisotopic (exact) mass is 381 g/mol. The van der Waals surface area contributed by atoms with Gasteiger partial charge in [0.1, 0.15) is 16.2 Å². The van der Waals surface area contributed by atoms with Gasteiger partial charge in [-0.15, -0.1) is 0 Å². The van der Waals surface area contributed by atoms with Gasteiger partial charge in [0.2, 0.25) is 0 Å². The van der Waals surface area contributed by atoms with Crippen LogP contribution in [0.2, 0.25) is 0 Å². The molecule has 2 heterocycles. The van der Waals surface area contributed by atoms with Gasteiger partial charge in [-0.25, -0.2) is 13.2 Å². The van der Waals surface area contributed by atoms with Crippen LogP contribution >= 0.6 is 0 Å². The third-order valence-corrected chi connectivity index (χ3v) is 5.39. The number of aryl methyl sites for hydroxylation is 1. The normalized spacial score (nSPS) is 11.6. The molecule has 0 unspecified atom stereocenters. The first-order valence-corrected chi connectivity index (χ1v) is 9.56. The minimum absolute atomic E-state index is 0.0795. The number of nitrogens with one attached hydrogen (secondary N) is 1. The summed E-state index contributed by atoms with van der Waals surface area (Å²) in [5.74, 6) is 0. The van der Waals surface area contributed by atoms with Crippen LogP contribution in [-0.4, -0.2) is 18.2 Å². The number of sulfonamides is 1. The lowest BCUT2D eigenvalue weighted by molar-refractivity contribution is 0.561. The standard InChI is InChI=1S/C19H15N3O4S/c1-22-12-17(19(20-22)13-5-3-2-4-6-13)27(24,25)21-15-8-9-16-14(11-15)7-10-18(23)26-16/h2-12,21H,1H3. The molecule has 0 aliphatic rings. The molecule has 8 heteroatoms. The first kappa shape index (κ1) is 17.0. The van der Waals surface area contributed by atoms with Crippen molar-refractivity contribution in [2.24, 2.45) is 7.05 Å². The Balaban J connectivity index is 1.75. The third-order valence-electron chi connectivity index (χ3n) is 4.00. The van der Waals surface area contributed by atoms with Gasteiger partial charge in [-0.2, -0.15) is 5.10 Å². The maximum atomic E-state index is 13.0. The first-order valence-electron chi connectivity index (χ1n) is 8.08. The summed E-state index contributed by atoms with van der Waals surface area (Å²) in [5.41, 5.74) is 1.37. The van der Waals surface area contributed by atoms with E-state index in [9.17, 15) is 13.2 Å². The van der Waals surface area contributed by atoms with Crippen LogP contribution in [-0.2, 0) is 17.1 Å². The Morgan fingerprint density at radius 1 is 1.04 bits per heavy atom. The number of fused-ring (bicyclic) bond motifs is 1. The fraction of sp³-hybridized carbons (Fsp3) is 0.0526. The molecular formula is C19H15N3O4S. The number of rotatable bonds is 4. The van der Waals surface area contributed by atoms with E-state index in [1.54, 1.807) is 43.4 Å². The SMILES string of the molecule is Cn1cc(S(=O)(=O)Nc2ccc3oc(=O)ccc3c2)c(-c2ccccc2)n1. The van der Waals surface area contributed by atoms with Crippen molar-refractivity contribution in [3.8, 4) is 11.3 Å². The van der Waals surface area contributed by atoms with Gasteiger partial charge in [0.15, 0.2) is 0 Å². The molecule has 0 radical (unpaired) electrons. The van der Waals surface area contributed by atoms with E-state index in [2.05, 4.69) is 9.82 Å². The Labute approximate surface area is 154 Å². The molecule has 2 aromatic heterocycles. The van der Waals surface area contributed by atoms with E-state index < -0.39 is 15.6 Å². The molecule has 0 fully saturated rings. The van der Waals surface area contributed by atoms with Gasteiger partial charge in [0, 0.05) is 35.9 Å². The van der Waals surface area contributed by atoms with Gasteiger partial charge in [0.05, 0.1) is 0 Å². The summed E-state index contributed by atoms with van der Waals surface area (Å²) in [6.07, 6.45) is 1.46. The molecule has 136 valence electrons. The molecule has 2 aromatic carbocycles. The summed E-state index contributed by atoms with van der Waals surface area (Å²) >= 11 is 0. The highest BCUT2D eigenvalue weighted by Crippen LogP contribution is 2.28. The first-order chi connectivity index (χ1) is 12.9. The van der Waals surface area contributed by atoms with Crippen LogP contribution < -0.4 is 10.3 Å². The molecule has 0 saturated carbocycles. The van der Waals surface area contributed by atoms with Crippen molar-refractivity contribution in [1.82, 2.24) is 9.78 Å². The highest BCUT2D eigenvalue weighted by atomic mass is 32.2. The van der Waals surface area contributed by atoms with Crippen LogP contribution in [0.1, 0.15) is 0 Å². The summed E-state index contributed by atoms with van der Waals surface area (Å²) in [5, 5.41) is 4.91. The highest BCUT2D eigenvalue weighted by Gasteiger charge is 2.23. The molecule has 4 aromatic rings. The van der Waals surface area contributed by atoms with Gasteiger partial charge < -0.3 is 4.42 Å². The lowest BCUT2D eigenvalue weighted by Gasteiger charge is -2.09. The van der Waals surface area contributed by atoms with Gasteiger partial charge in [0.25, 0.3) is 10.0 Å². The second-order valence-electron chi connectivity index (χ2n) is 5.99. The van der Waals surface area contributed by atoms with Crippen LogP contribution in [0.15, 0.2) is 81.0 Å². The van der Waals surface area contributed by atoms with Gasteiger partial charge in [-0.05, 0) is 24.3 Å². The largest absolute Gasteiger partial charge is 0.423 e. The van der Waals surface area contributed by atoms with E-state index in [0.717, 1.165) is 0 Å². The van der Waals surface area contributed by atoms with Crippen molar-refractivity contribution in [2.75, 3.05) is 4.72 Å². The number of benzene rings is 2. The lowest BCUT2D eigenvalue weighted by atomic mass is 10.2. The fourth-order valence-corrected chi connectivity index (χ4v) is 4.06. The molecule has 0 bridgehead atoms. The summed E-state index contributed by atoms with van der Waals surface area (Å²) in [6, 6.07) is 16.7. The molecule has 0 spiro atoms. The van der Waals surface area contributed by atoms with E-state index in [1.807, 2.05) is 18.2 Å². The summed E-state index contributed by atoms with van der Waals surface area (Å²) in [6.45, 7) is 0. The maximum Gasteiger partial charge on any atom is 0.336 e. The van der Waals surface area contributed by atoms with Crippen LogP contribution in [0.5, 0.6) is 0 Å². The third kappa shape index (κ3) is 3.34. The van der Waals surface area contributed by atoms with Crippen molar-refractivity contribution in [1.29, 1.82) is 0 Å². The van der Waals surface area contributed by atoms with Gasteiger partial charge >= 0.3 is 5.63 Å². The number of aromatic nitrogens is 2. The summed E-state index contributed by atoms with van der Waals surface area (Å²) in [7, 11) is -2.20. The van der Waals surface area contributed by atoms with E-state index in [-0.39, 0.29) is 4.90 Å². The van der Waals surface area contributed by atoms with Crippen molar-refractivity contribution < 1.29 is 12.8 Å². The molecule has 27 heavy (non-hydrogen) atoms. The molecule has 0 aliphatic heterocycles. The van der Waals surface area contributed by atoms with E-state index in [1.165, 1.54) is 16.9 Å². The Morgan fingerprint density at radius 3 is 2.59 bits per heavy atom. The number of hydrogen-bond acceptors (Lipinski definition) is 5. The Kier molecular flexibility index (Phi) is 4.04. The van der Waals surface area contributed by atoms with Crippen molar-refractivity contribution in [3.05, 3.63) is 77.3 Å². The van der Waals surface area contributed by atoms with Crippen LogP contribution in [0.4, 0.5) is 5.69 Å². The maximum absolute atomic E-state index is 13.0. The smallest absolute Gasteiger partial charge is 0.336 e. The minimum Gasteiger partial charge on any atom is -0.423 e. The van der Waals surface area contributed by atoms with E-state index in [4.69, 9.17) is 4.42 Å². The van der Waals surface area contributed by atoms with Gasteiger partial charge in [-0.1, -0.05) is 30.3 Å². The quantitative estimate of drug-likeness (QED) is 0.549. The number of anilines is 1. The Morgan fingerprint density at radius 2 is 1.81 bits per heavy atom. The molecule has 4 rings (SSSR count). The zero-order valence-corrected chi connectivity index (χ0v) is 15.1. The van der Waals surface area contributed by atoms with E-state index in [0.29, 0.717) is 27.9 Å². The summed E-state index contributed by atoms with van der Waals surface area (Å²) < 4.78 is 35.0. The molecule has 0 atom stereocenters. The average Bonchev–Trinajstić information content (AvgIpc) is 3.05. The molecule has 0 saturated heterocycles. The number of nitrogens with zero attached hydrogens (tertiary/aromatic N) is 2. The molecule has 0 aliphatic carbocycles. The van der Waals surface area contributed by atoms with Crippen LogP contribution in [0, 0.1) is 0 Å². The minimum atomic E-state index is -3.87. The molecule has 7 nitrogen and oxygen atoms in total. The fourth-order valence-electron chi connectivity index (χ4n) is 2.80. The van der Waals surface area contributed by atoms with Crippen molar-refractivity contribution in [3.63, 3.8) is 0 Å². The van der Waals surface area contributed by atoms with Crippen molar-refractivity contribution >= 4 is 26.7 Å². The zero-order valence-electron chi connectivity index (χ0n) is 14.3. The van der Waals surface area contributed by atoms with Crippen molar-refractivity contribution in [2.45, 2.75) is 4.90 Å². The number of hydrogen-bond donors (Lipinski definition) is 1. The van der Waals surface area contributed by atoms with Gasteiger partial charge in [-0.3, -0.25) is 9.40 Å². The zero-order chi connectivity index (χ0) is 19.0. The summed E-state index contributed by atoms with van der Waals surface area (Å²) in [4.78, 5) is 11.3. The predicted octanol–water partition coefficient (Wildman–Crippen LogP) is 2.99. The second-order valence-corrected chi connectivity index (χ2v) is 7.65. The highest BCUT2D eigenvalue weighted by molar-refractivity contribution is 7.92.